The normalized spacial score (nSPS) is 11.0. The molecule has 1 aromatic heterocycles. The third-order valence-corrected chi connectivity index (χ3v) is 4.26. The summed E-state index contributed by atoms with van der Waals surface area (Å²) >= 11 is 0. The van der Waals surface area contributed by atoms with Crippen molar-refractivity contribution in [3.05, 3.63) is 46.8 Å². The first-order valence-corrected chi connectivity index (χ1v) is 8.89. The summed E-state index contributed by atoms with van der Waals surface area (Å²) in [5.41, 5.74) is 4.63. The summed E-state index contributed by atoms with van der Waals surface area (Å²) in [6, 6.07) is 6.89. The smallest absolute Gasteiger partial charge is 0.307 e. The van der Waals surface area contributed by atoms with Crippen molar-refractivity contribution in [3.63, 3.8) is 0 Å². The largest absolute Gasteiger partial charge is 0.481 e. The highest BCUT2D eigenvalue weighted by Gasteiger charge is 2.14. The molecule has 2 rings (SSSR count). The first kappa shape index (κ1) is 19.7. The average Bonchev–Trinajstić information content (AvgIpc) is 2.80. The number of aryl methyl sites for hydroxylation is 1. The first-order valence-electron chi connectivity index (χ1n) is 8.89. The van der Waals surface area contributed by atoms with Gasteiger partial charge >= 0.3 is 5.97 Å². The highest BCUT2D eigenvalue weighted by atomic mass is 16.4. The van der Waals surface area contributed by atoms with Crippen molar-refractivity contribution in [1.82, 2.24) is 9.78 Å². The first-order chi connectivity index (χ1) is 12.3. The van der Waals surface area contributed by atoms with E-state index in [9.17, 15) is 9.59 Å². The van der Waals surface area contributed by atoms with Gasteiger partial charge in [0.1, 0.15) is 0 Å². The third-order valence-electron chi connectivity index (χ3n) is 4.26. The second kappa shape index (κ2) is 8.65. The van der Waals surface area contributed by atoms with Crippen LogP contribution in [0.1, 0.15) is 42.8 Å². The maximum absolute atomic E-state index is 12.2. The van der Waals surface area contributed by atoms with Crippen molar-refractivity contribution < 1.29 is 14.7 Å². The van der Waals surface area contributed by atoms with E-state index in [1.165, 1.54) is 0 Å². The van der Waals surface area contributed by atoms with Crippen molar-refractivity contribution in [3.8, 4) is 0 Å². The number of anilines is 1. The van der Waals surface area contributed by atoms with Gasteiger partial charge in [0.2, 0.25) is 5.91 Å². The summed E-state index contributed by atoms with van der Waals surface area (Å²) in [6.07, 6.45) is 1.01. The van der Waals surface area contributed by atoms with Crippen molar-refractivity contribution in [2.24, 2.45) is 5.92 Å². The maximum atomic E-state index is 12.2. The number of carboxylic acids is 1. The molecule has 0 atom stereocenters. The molecule has 6 heteroatoms. The molecule has 1 amide bonds. The van der Waals surface area contributed by atoms with Crippen molar-refractivity contribution in [2.45, 2.75) is 53.5 Å². The molecule has 0 aliphatic heterocycles. The van der Waals surface area contributed by atoms with Crippen LogP contribution in [0, 0.1) is 19.8 Å². The van der Waals surface area contributed by atoms with Crippen LogP contribution in [-0.4, -0.2) is 26.8 Å². The van der Waals surface area contributed by atoms with Gasteiger partial charge in [0, 0.05) is 24.3 Å². The Morgan fingerprint density at radius 2 is 1.85 bits per heavy atom. The van der Waals surface area contributed by atoms with Crippen LogP contribution in [0.4, 0.5) is 5.69 Å². The number of carboxylic acid groups (broad SMARTS) is 1. The fraction of sp³-hybridized carbons (Fsp3) is 0.450. The quantitative estimate of drug-likeness (QED) is 0.759. The van der Waals surface area contributed by atoms with Gasteiger partial charge in [-0.2, -0.15) is 5.10 Å². The van der Waals surface area contributed by atoms with Gasteiger partial charge in [-0.25, -0.2) is 0 Å². The van der Waals surface area contributed by atoms with E-state index < -0.39 is 5.97 Å². The van der Waals surface area contributed by atoms with Crippen LogP contribution in [0.15, 0.2) is 24.3 Å². The van der Waals surface area contributed by atoms with Gasteiger partial charge in [-0.15, -0.1) is 0 Å². The summed E-state index contributed by atoms with van der Waals surface area (Å²) < 4.78 is 2.02. The molecule has 2 aromatic rings. The van der Waals surface area contributed by atoms with Gasteiger partial charge in [0.05, 0.1) is 12.1 Å². The molecule has 0 fully saturated rings. The number of hydrogen-bond donors (Lipinski definition) is 2. The Hall–Kier alpha value is -2.63. The molecular weight excluding hydrogens is 330 g/mol. The number of nitrogens with one attached hydrogen (secondary N) is 1. The minimum absolute atomic E-state index is 0.0207. The second-order valence-electron chi connectivity index (χ2n) is 7.04. The van der Waals surface area contributed by atoms with Crippen LogP contribution >= 0.6 is 0 Å². The molecule has 0 saturated heterocycles. The van der Waals surface area contributed by atoms with Gasteiger partial charge in [-0.05, 0) is 49.4 Å². The van der Waals surface area contributed by atoms with Crippen LogP contribution < -0.4 is 5.32 Å². The highest BCUT2D eigenvalue weighted by Crippen LogP contribution is 2.17. The van der Waals surface area contributed by atoms with E-state index in [1.807, 2.05) is 11.6 Å². The topological polar surface area (TPSA) is 84.2 Å². The molecule has 0 unspecified atom stereocenters. The second-order valence-corrected chi connectivity index (χ2v) is 7.04. The van der Waals surface area contributed by atoms with E-state index in [1.54, 1.807) is 24.3 Å². The molecule has 1 heterocycles. The van der Waals surface area contributed by atoms with Crippen LogP contribution in [0.2, 0.25) is 0 Å². The molecule has 26 heavy (non-hydrogen) atoms. The Morgan fingerprint density at radius 3 is 2.42 bits per heavy atom. The van der Waals surface area contributed by atoms with E-state index in [0.717, 1.165) is 23.5 Å². The summed E-state index contributed by atoms with van der Waals surface area (Å²) in [5, 5.41) is 16.2. The average molecular weight is 357 g/mol. The van der Waals surface area contributed by atoms with E-state index >= 15 is 0 Å². The molecule has 0 bridgehead atoms. The molecule has 6 nitrogen and oxygen atoms in total. The van der Waals surface area contributed by atoms with E-state index in [4.69, 9.17) is 5.11 Å². The predicted molar refractivity (Wildman–Crippen MR) is 101 cm³/mol. The lowest BCUT2D eigenvalue weighted by Crippen LogP contribution is -2.13. The Labute approximate surface area is 154 Å². The molecule has 0 aliphatic carbocycles. The van der Waals surface area contributed by atoms with E-state index in [2.05, 4.69) is 31.2 Å². The van der Waals surface area contributed by atoms with Crippen LogP contribution in [0.25, 0.3) is 0 Å². The Bertz CT molecular complexity index is 776. The number of amides is 1. The monoisotopic (exact) mass is 357 g/mol. The molecule has 2 N–H and O–H groups in total. The zero-order valence-electron chi connectivity index (χ0n) is 15.9. The van der Waals surface area contributed by atoms with Gasteiger partial charge in [0.15, 0.2) is 0 Å². The van der Waals surface area contributed by atoms with Gasteiger partial charge in [0.25, 0.3) is 0 Å². The molecule has 0 radical (unpaired) electrons. The maximum Gasteiger partial charge on any atom is 0.307 e. The number of hydrogen-bond acceptors (Lipinski definition) is 3. The van der Waals surface area contributed by atoms with Crippen LogP contribution in [-0.2, 0) is 29.0 Å². The number of aliphatic carboxylic acids is 1. The number of nitrogens with zero attached hydrogens (tertiary/aromatic N) is 2. The summed E-state index contributed by atoms with van der Waals surface area (Å²) in [5.74, 6) is -0.412. The molecule has 0 aliphatic rings. The van der Waals surface area contributed by atoms with Crippen molar-refractivity contribution in [2.75, 3.05) is 5.32 Å². The van der Waals surface area contributed by atoms with Crippen molar-refractivity contribution in [1.29, 1.82) is 0 Å². The third kappa shape index (κ3) is 5.44. The Morgan fingerprint density at radius 1 is 1.19 bits per heavy atom. The Balaban J connectivity index is 1.93. The van der Waals surface area contributed by atoms with Gasteiger partial charge in [-0.3, -0.25) is 14.3 Å². The summed E-state index contributed by atoms with van der Waals surface area (Å²) in [7, 11) is 0. The molecular formula is C20H27N3O3. The Kier molecular flexibility index (Phi) is 6.55. The summed E-state index contributed by atoms with van der Waals surface area (Å²) in [6.45, 7) is 9.23. The zero-order valence-corrected chi connectivity index (χ0v) is 15.9. The van der Waals surface area contributed by atoms with E-state index in [-0.39, 0.29) is 12.3 Å². The minimum Gasteiger partial charge on any atom is -0.481 e. The number of carbonyl (C=O) groups is 2. The zero-order chi connectivity index (χ0) is 19.3. The van der Waals surface area contributed by atoms with Gasteiger partial charge in [-0.1, -0.05) is 26.0 Å². The SMILES string of the molecule is Cc1nn(CC(C)C)c(C)c1CCC(=O)Nc1ccc(CC(=O)O)cc1. The number of rotatable bonds is 8. The van der Waals surface area contributed by atoms with E-state index in [0.29, 0.717) is 30.0 Å². The molecule has 0 spiro atoms. The lowest BCUT2D eigenvalue weighted by molar-refractivity contribution is -0.136. The molecule has 0 saturated carbocycles. The minimum atomic E-state index is -0.870. The fourth-order valence-corrected chi connectivity index (χ4v) is 2.96. The highest BCUT2D eigenvalue weighted by molar-refractivity contribution is 5.90. The summed E-state index contributed by atoms with van der Waals surface area (Å²) in [4.78, 5) is 22.9. The number of aromatic nitrogens is 2. The molecule has 1 aromatic carbocycles. The fourth-order valence-electron chi connectivity index (χ4n) is 2.96. The predicted octanol–water partition coefficient (Wildman–Crippen LogP) is 3.35. The number of carbonyl (C=O) groups excluding carboxylic acids is 1. The lowest BCUT2D eigenvalue weighted by Gasteiger charge is -2.08. The van der Waals surface area contributed by atoms with Crippen molar-refractivity contribution >= 4 is 17.6 Å². The molecule has 140 valence electrons. The number of benzene rings is 1. The van der Waals surface area contributed by atoms with Crippen LogP contribution in [0.3, 0.4) is 0 Å². The lowest BCUT2D eigenvalue weighted by atomic mass is 10.1. The standard InChI is InChI=1S/C20H27N3O3/c1-13(2)12-23-15(4)18(14(3)22-23)9-10-19(24)21-17-7-5-16(6-8-17)11-20(25)26/h5-8,13H,9-12H2,1-4H3,(H,21,24)(H,25,26). The van der Waals surface area contributed by atoms with Gasteiger partial charge < -0.3 is 10.4 Å². The van der Waals surface area contributed by atoms with Crippen LogP contribution in [0.5, 0.6) is 0 Å².